The van der Waals surface area contributed by atoms with Gasteiger partial charge >= 0.3 is 0 Å². The fraction of sp³-hybridized carbons (Fsp3) is 0.750. The first-order valence-corrected chi connectivity index (χ1v) is 8.46. The third-order valence-corrected chi connectivity index (χ3v) is 4.86. The van der Waals surface area contributed by atoms with E-state index in [2.05, 4.69) is 39.2 Å². The lowest BCUT2D eigenvalue weighted by atomic mass is 10.0. The Bertz CT molecular complexity index is 560. The van der Waals surface area contributed by atoms with E-state index in [1.165, 1.54) is 0 Å². The summed E-state index contributed by atoms with van der Waals surface area (Å²) in [5, 5.41) is 10.3. The number of rotatable bonds is 4. The molecule has 0 aromatic carbocycles. The average molecular weight is 305 g/mol. The molecule has 0 amide bonds. The SMILES string of the molecule is CC(C)N1CCN(CCc2n[nH]c(=O)c3c2NCCC3)CC1. The molecular weight excluding hydrogens is 278 g/mol. The number of nitrogens with zero attached hydrogens (tertiary/aromatic N) is 3. The van der Waals surface area contributed by atoms with E-state index < -0.39 is 0 Å². The topological polar surface area (TPSA) is 64.3 Å². The van der Waals surface area contributed by atoms with E-state index in [0.29, 0.717) is 6.04 Å². The highest BCUT2D eigenvalue weighted by Gasteiger charge is 2.21. The van der Waals surface area contributed by atoms with Crippen LogP contribution in [0.1, 0.15) is 31.5 Å². The molecule has 0 saturated carbocycles. The van der Waals surface area contributed by atoms with Crippen LogP contribution in [0.25, 0.3) is 0 Å². The quantitative estimate of drug-likeness (QED) is 0.857. The molecule has 6 nitrogen and oxygen atoms in total. The van der Waals surface area contributed by atoms with E-state index in [4.69, 9.17) is 0 Å². The van der Waals surface area contributed by atoms with Crippen molar-refractivity contribution in [3.63, 3.8) is 0 Å². The zero-order valence-electron chi connectivity index (χ0n) is 13.7. The van der Waals surface area contributed by atoms with Crippen molar-refractivity contribution in [2.24, 2.45) is 0 Å². The minimum atomic E-state index is -0.0310. The summed E-state index contributed by atoms with van der Waals surface area (Å²) in [4.78, 5) is 16.9. The summed E-state index contributed by atoms with van der Waals surface area (Å²) < 4.78 is 0. The van der Waals surface area contributed by atoms with Crippen molar-refractivity contribution in [3.05, 3.63) is 21.6 Å². The molecule has 0 radical (unpaired) electrons. The maximum Gasteiger partial charge on any atom is 0.269 e. The van der Waals surface area contributed by atoms with Crippen molar-refractivity contribution in [3.8, 4) is 0 Å². The molecule has 6 heteroatoms. The molecular formula is C16H27N5O. The van der Waals surface area contributed by atoms with E-state index in [9.17, 15) is 4.79 Å². The summed E-state index contributed by atoms with van der Waals surface area (Å²) in [6, 6.07) is 0.638. The van der Waals surface area contributed by atoms with Crippen LogP contribution in [0.5, 0.6) is 0 Å². The third-order valence-electron chi connectivity index (χ3n) is 4.86. The minimum Gasteiger partial charge on any atom is -0.383 e. The number of hydrogen-bond acceptors (Lipinski definition) is 5. The molecule has 2 aliphatic rings. The normalized spacial score (nSPS) is 20.0. The monoisotopic (exact) mass is 305 g/mol. The van der Waals surface area contributed by atoms with Gasteiger partial charge in [-0.3, -0.25) is 9.69 Å². The molecule has 0 aliphatic carbocycles. The Morgan fingerprint density at radius 3 is 2.73 bits per heavy atom. The van der Waals surface area contributed by atoms with Crippen molar-refractivity contribution >= 4 is 5.69 Å². The Labute approximate surface area is 131 Å². The Hall–Kier alpha value is -1.40. The van der Waals surface area contributed by atoms with Crippen molar-refractivity contribution in [2.75, 3.05) is 44.6 Å². The van der Waals surface area contributed by atoms with Crippen molar-refractivity contribution < 1.29 is 0 Å². The van der Waals surface area contributed by atoms with Crippen LogP contribution in [0, 0.1) is 0 Å². The molecule has 3 rings (SSSR count). The first-order chi connectivity index (χ1) is 10.6. The number of nitrogens with one attached hydrogen (secondary N) is 2. The summed E-state index contributed by atoms with van der Waals surface area (Å²) in [5.41, 5.74) is 2.87. The second-order valence-corrected chi connectivity index (χ2v) is 6.60. The number of hydrogen-bond donors (Lipinski definition) is 2. The molecule has 122 valence electrons. The number of aromatic amines is 1. The second-order valence-electron chi connectivity index (χ2n) is 6.60. The van der Waals surface area contributed by atoms with Gasteiger partial charge in [-0.2, -0.15) is 5.10 Å². The zero-order valence-corrected chi connectivity index (χ0v) is 13.7. The van der Waals surface area contributed by atoms with Crippen LogP contribution in [0.4, 0.5) is 5.69 Å². The number of anilines is 1. The standard InChI is InChI=1S/C16H27N5O/c1-12(2)21-10-8-20(9-11-21)7-5-14-15-13(4-3-6-17-15)16(22)19-18-14/h12,17H,3-11H2,1-2H3,(H,19,22). The summed E-state index contributed by atoms with van der Waals surface area (Å²) in [6.45, 7) is 11.0. The molecule has 3 heterocycles. The minimum absolute atomic E-state index is 0.0310. The van der Waals surface area contributed by atoms with E-state index >= 15 is 0 Å². The lowest BCUT2D eigenvalue weighted by Gasteiger charge is -2.37. The highest BCUT2D eigenvalue weighted by Crippen LogP contribution is 2.21. The van der Waals surface area contributed by atoms with Crippen molar-refractivity contribution in [1.82, 2.24) is 20.0 Å². The Morgan fingerprint density at radius 2 is 2.00 bits per heavy atom. The summed E-state index contributed by atoms with van der Waals surface area (Å²) >= 11 is 0. The average Bonchev–Trinajstić information content (AvgIpc) is 2.55. The number of aromatic nitrogens is 2. The van der Waals surface area contributed by atoms with Gasteiger partial charge in [0.05, 0.1) is 11.4 Å². The number of fused-ring (bicyclic) bond motifs is 1. The molecule has 0 bridgehead atoms. The Morgan fingerprint density at radius 1 is 1.23 bits per heavy atom. The van der Waals surface area contributed by atoms with Crippen LogP contribution in [0.3, 0.4) is 0 Å². The molecule has 2 aliphatic heterocycles. The fourth-order valence-corrected chi connectivity index (χ4v) is 3.40. The van der Waals surface area contributed by atoms with E-state index in [-0.39, 0.29) is 5.56 Å². The van der Waals surface area contributed by atoms with Gasteiger partial charge in [0.25, 0.3) is 5.56 Å². The zero-order chi connectivity index (χ0) is 15.5. The second kappa shape index (κ2) is 6.79. The van der Waals surface area contributed by atoms with Gasteiger partial charge < -0.3 is 10.2 Å². The van der Waals surface area contributed by atoms with Gasteiger partial charge in [-0.05, 0) is 26.7 Å². The molecule has 1 aromatic heterocycles. The van der Waals surface area contributed by atoms with Gasteiger partial charge in [-0.1, -0.05) is 0 Å². The van der Waals surface area contributed by atoms with Gasteiger partial charge in [0.15, 0.2) is 0 Å². The lowest BCUT2D eigenvalue weighted by Crippen LogP contribution is -2.49. The smallest absolute Gasteiger partial charge is 0.269 e. The highest BCUT2D eigenvalue weighted by atomic mass is 16.1. The fourth-order valence-electron chi connectivity index (χ4n) is 3.40. The predicted molar refractivity (Wildman–Crippen MR) is 88.5 cm³/mol. The van der Waals surface area contributed by atoms with Crippen LogP contribution in [0.2, 0.25) is 0 Å². The molecule has 0 spiro atoms. The van der Waals surface area contributed by atoms with E-state index in [1.54, 1.807) is 0 Å². The molecule has 1 saturated heterocycles. The van der Waals surface area contributed by atoms with Gasteiger partial charge in [0.1, 0.15) is 0 Å². The first kappa shape index (κ1) is 15.5. The maximum atomic E-state index is 11.8. The molecule has 2 N–H and O–H groups in total. The van der Waals surface area contributed by atoms with Gasteiger partial charge in [-0.15, -0.1) is 0 Å². The Kier molecular flexibility index (Phi) is 4.78. The van der Waals surface area contributed by atoms with Crippen LogP contribution >= 0.6 is 0 Å². The van der Waals surface area contributed by atoms with Crippen LogP contribution in [-0.2, 0) is 12.8 Å². The van der Waals surface area contributed by atoms with Gasteiger partial charge in [0.2, 0.25) is 0 Å². The van der Waals surface area contributed by atoms with Crippen molar-refractivity contribution in [2.45, 2.75) is 39.2 Å². The molecule has 1 aromatic rings. The largest absolute Gasteiger partial charge is 0.383 e. The first-order valence-electron chi connectivity index (χ1n) is 8.46. The summed E-state index contributed by atoms with van der Waals surface area (Å²) in [5.74, 6) is 0. The van der Waals surface area contributed by atoms with Gasteiger partial charge in [0, 0.05) is 57.3 Å². The maximum absolute atomic E-state index is 11.8. The third kappa shape index (κ3) is 3.33. The van der Waals surface area contributed by atoms with Crippen molar-refractivity contribution in [1.29, 1.82) is 0 Å². The van der Waals surface area contributed by atoms with E-state index in [1.807, 2.05) is 0 Å². The molecule has 0 atom stereocenters. The van der Waals surface area contributed by atoms with Gasteiger partial charge in [-0.25, -0.2) is 5.10 Å². The summed E-state index contributed by atoms with van der Waals surface area (Å²) in [7, 11) is 0. The predicted octanol–water partition coefficient (Wildman–Crippen LogP) is 0.697. The molecule has 22 heavy (non-hydrogen) atoms. The lowest BCUT2D eigenvalue weighted by molar-refractivity contribution is 0.109. The Balaban J connectivity index is 1.60. The van der Waals surface area contributed by atoms with Crippen LogP contribution < -0.4 is 10.9 Å². The van der Waals surface area contributed by atoms with Crippen LogP contribution in [-0.4, -0.2) is 65.3 Å². The van der Waals surface area contributed by atoms with Crippen LogP contribution in [0.15, 0.2) is 4.79 Å². The number of H-pyrrole nitrogens is 1. The summed E-state index contributed by atoms with van der Waals surface area (Å²) in [6.07, 6.45) is 2.78. The molecule has 1 fully saturated rings. The van der Waals surface area contributed by atoms with E-state index in [0.717, 1.165) is 75.5 Å². The molecule has 0 unspecified atom stereocenters. The number of piperazine rings is 1. The highest BCUT2D eigenvalue weighted by molar-refractivity contribution is 5.55.